The van der Waals surface area contributed by atoms with Crippen molar-refractivity contribution >= 4 is 17.9 Å². The van der Waals surface area contributed by atoms with Crippen molar-refractivity contribution in [2.75, 3.05) is 41.0 Å². The second-order valence-electron chi connectivity index (χ2n) is 18.4. The summed E-state index contributed by atoms with van der Waals surface area (Å²) in [5.41, 5.74) is 0. The number of aliphatic carboxylic acids is 1. The number of carboxylic acids is 1. The average Bonchev–Trinajstić information content (AvgIpc) is 3.21. The Bertz CT molecular complexity index is 1040. The molecule has 60 heavy (non-hydrogen) atoms. The Morgan fingerprint density at radius 2 is 0.833 bits per heavy atom. The number of quaternary nitrogens is 1. The molecule has 0 heterocycles. The second-order valence-corrected chi connectivity index (χ2v) is 18.4. The molecule has 1 N–H and O–H groups in total. The van der Waals surface area contributed by atoms with E-state index in [9.17, 15) is 19.5 Å². The van der Waals surface area contributed by atoms with Crippen LogP contribution in [-0.4, -0.2) is 80.6 Å². The topological polar surface area (TPSA) is 99.1 Å². The first-order chi connectivity index (χ1) is 29.1. The molecule has 0 rings (SSSR count). The van der Waals surface area contributed by atoms with Crippen LogP contribution in [0.1, 0.15) is 239 Å². The highest BCUT2D eigenvalue weighted by molar-refractivity contribution is 5.72. The number of ether oxygens (including phenoxy) is 3. The molecule has 0 aromatic heterocycles. The smallest absolute Gasteiger partial charge is 0.362 e. The van der Waals surface area contributed by atoms with Gasteiger partial charge < -0.3 is 23.8 Å². The number of rotatable bonds is 46. The molecule has 0 saturated carbocycles. The number of nitrogens with zero attached hydrogens (tertiary/aromatic N) is 1. The molecule has 8 heteroatoms. The number of esters is 2. The third kappa shape index (κ3) is 41.2. The van der Waals surface area contributed by atoms with E-state index in [1.165, 1.54) is 154 Å². The van der Waals surface area contributed by atoms with Crippen LogP contribution in [-0.2, 0) is 28.6 Å². The van der Waals surface area contributed by atoms with Crippen LogP contribution in [0.3, 0.4) is 0 Å². The summed E-state index contributed by atoms with van der Waals surface area (Å²) in [6.07, 6.45) is 49.4. The van der Waals surface area contributed by atoms with Crippen LogP contribution in [0.2, 0.25) is 0 Å². The molecule has 0 saturated heterocycles. The van der Waals surface area contributed by atoms with Crippen molar-refractivity contribution in [2.24, 2.45) is 0 Å². The van der Waals surface area contributed by atoms with Crippen LogP contribution < -0.4 is 0 Å². The van der Waals surface area contributed by atoms with Gasteiger partial charge in [0.05, 0.1) is 34.4 Å². The Hall–Kier alpha value is -2.19. The fourth-order valence-electron chi connectivity index (χ4n) is 7.61. The number of hydrogen-bond acceptors (Lipinski definition) is 6. The number of carbonyl (C=O) groups excluding carboxylic acids is 2. The second kappa shape index (κ2) is 43.5. The maximum absolute atomic E-state index is 12.8. The SMILES string of the molecule is CCCCCCCCC/C=C/CCCCCC(=O)OCC(COCCC(C(=O)O)[N+](C)(C)C)OC(=O)CCCCCCCCC/C=C/CCCCCCCCCCCCC. The predicted octanol–water partition coefficient (Wildman–Crippen LogP) is 14.4. The highest BCUT2D eigenvalue weighted by Gasteiger charge is 2.31. The first-order valence-electron chi connectivity index (χ1n) is 25.4. The lowest BCUT2D eigenvalue weighted by Gasteiger charge is -2.31. The molecule has 0 aliphatic carbocycles. The largest absolute Gasteiger partial charge is 0.477 e. The number of unbranched alkanes of at least 4 members (excludes halogenated alkanes) is 28. The molecule has 2 atom stereocenters. The highest BCUT2D eigenvalue weighted by Crippen LogP contribution is 2.15. The van der Waals surface area contributed by atoms with Gasteiger partial charge in [-0.05, 0) is 64.2 Å². The Balaban J connectivity index is 4.23. The van der Waals surface area contributed by atoms with Crippen LogP contribution >= 0.6 is 0 Å². The van der Waals surface area contributed by atoms with Crippen molar-refractivity contribution in [3.8, 4) is 0 Å². The summed E-state index contributed by atoms with van der Waals surface area (Å²) < 4.78 is 17.3. The van der Waals surface area contributed by atoms with Crippen LogP contribution in [0.5, 0.6) is 0 Å². The fourth-order valence-corrected chi connectivity index (χ4v) is 7.61. The van der Waals surface area contributed by atoms with E-state index in [0.717, 1.165) is 51.4 Å². The van der Waals surface area contributed by atoms with Crippen LogP contribution in [0.25, 0.3) is 0 Å². The zero-order chi connectivity index (χ0) is 44.2. The van der Waals surface area contributed by atoms with E-state index < -0.39 is 18.1 Å². The van der Waals surface area contributed by atoms with Gasteiger partial charge in [0.25, 0.3) is 0 Å². The molecular formula is C52H98NO7+. The predicted molar refractivity (Wildman–Crippen MR) is 252 cm³/mol. The van der Waals surface area contributed by atoms with Crippen LogP contribution in [0, 0.1) is 0 Å². The van der Waals surface area contributed by atoms with Gasteiger partial charge in [-0.15, -0.1) is 0 Å². The lowest BCUT2D eigenvalue weighted by atomic mass is 10.0. The summed E-state index contributed by atoms with van der Waals surface area (Å²) in [5, 5.41) is 9.64. The van der Waals surface area contributed by atoms with Crippen molar-refractivity contribution in [1.82, 2.24) is 0 Å². The molecule has 0 spiro atoms. The molecule has 0 aliphatic heterocycles. The molecular weight excluding hydrogens is 751 g/mol. The van der Waals surface area contributed by atoms with E-state index in [0.29, 0.717) is 19.3 Å². The van der Waals surface area contributed by atoms with E-state index >= 15 is 0 Å². The first-order valence-corrected chi connectivity index (χ1v) is 25.4. The quantitative estimate of drug-likeness (QED) is 0.0282. The number of likely N-dealkylation sites (N-methyl/N-ethyl adjacent to an activating group) is 1. The maximum atomic E-state index is 12.8. The third-order valence-corrected chi connectivity index (χ3v) is 11.6. The maximum Gasteiger partial charge on any atom is 0.362 e. The monoisotopic (exact) mass is 849 g/mol. The Kier molecular flexibility index (Phi) is 41.9. The first kappa shape index (κ1) is 57.8. The third-order valence-electron chi connectivity index (χ3n) is 11.6. The minimum Gasteiger partial charge on any atom is -0.477 e. The van der Waals surface area contributed by atoms with Crippen molar-refractivity contribution in [3.63, 3.8) is 0 Å². The zero-order valence-corrected chi connectivity index (χ0v) is 40.2. The van der Waals surface area contributed by atoms with Gasteiger partial charge in [0, 0.05) is 19.3 Å². The molecule has 352 valence electrons. The normalized spacial score (nSPS) is 13.0. The Morgan fingerprint density at radius 3 is 1.22 bits per heavy atom. The number of hydrogen-bond donors (Lipinski definition) is 1. The fraction of sp³-hybridized carbons (Fsp3) is 0.865. The van der Waals surface area contributed by atoms with E-state index in [1.54, 1.807) is 0 Å². The Morgan fingerprint density at radius 1 is 0.483 bits per heavy atom. The van der Waals surface area contributed by atoms with Crippen molar-refractivity contribution in [2.45, 2.75) is 251 Å². The summed E-state index contributed by atoms with van der Waals surface area (Å²) in [5.74, 6) is -1.48. The van der Waals surface area contributed by atoms with Crippen LogP contribution in [0.15, 0.2) is 24.3 Å². The molecule has 0 aliphatic rings. The lowest BCUT2D eigenvalue weighted by Crippen LogP contribution is -2.50. The number of carboxylic acid groups (broad SMARTS) is 1. The van der Waals surface area contributed by atoms with Gasteiger partial charge in [-0.1, -0.05) is 179 Å². The zero-order valence-electron chi connectivity index (χ0n) is 40.2. The van der Waals surface area contributed by atoms with Gasteiger partial charge in [0.1, 0.15) is 6.61 Å². The summed E-state index contributed by atoms with van der Waals surface area (Å²) >= 11 is 0. The summed E-state index contributed by atoms with van der Waals surface area (Å²) in [4.78, 5) is 37.1. The number of carbonyl (C=O) groups is 3. The number of allylic oxidation sites excluding steroid dienone is 4. The average molecular weight is 849 g/mol. The van der Waals surface area contributed by atoms with Crippen LogP contribution in [0.4, 0.5) is 0 Å². The van der Waals surface area contributed by atoms with Crippen molar-refractivity contribution < 1.29 is 38.2 Å². The van der Waals surface area contributed by atoms with Gasteiger partial charge in [-0.2, -0.15) is 0 Å². The van der Waals surface area contributed by atoms with E-state index in [4.69, 9.17) is 14.2 Å². The van der Waals surface area contributed by atoms with E-state index in [1.807, 2.05) is 21.1 Å². The van der Waals surface area contributed by atoms with Gasteiger partial charge >= 0.3 is 17.9 Å². The molecule has 0 bridgehead atoms. The Labute approximate surface area is 371 Å². The summed E-state index contributed by atoms with van der Waals surface area (Å²) in [6, 6.07) is -0.616. The van der Waals surface area contributed by atoms with Crippen molar-refractivity contribution in [1.29, 1.82) is 0 Å². The van der Waals surface area contributed by atoms with E-state index in [-0.39, 0.29) is 36.2 Å². The minimum atomic E-state index is -0.875. The molecule has 2 unspecified atom stereocenters. The lowest BCUT2D eigenvalue weighted by molar-refractivity contribution is -0.887. The molecule has 8 nitrogen and oxygen atoms in total. The van der Waals surface area contributed by atoms with Crippen molar-refractivity contribution in [3.05, 3.63) is 24.3 Å². The van der Waals surface area contributed by atoms with Gasteiger partial charge in [0.15, 0.2) is 12.1 Å². The minimum absolute atomic E-state index is 0.0574. The van der Waals surface area contributed by atoms with E-state index in [2.05, 4.69) is 38.2 Å². The molecule has 0 aromatic carbocycles. The molecule has 0 amide bonds. The summed E-state index contributed by atoms with van der Waals surface area (Å²) in [6.45, 7) is 4.74. The summed E-state index contributed by atoms with van der Waals surface area (Å²) in [7, 11) is 5.53. The highest BCUT2D eigenvalue weighted by atomic mass is 16.6. The van der Waals surface area contributed by atoms with Gasteiger partial charge in [0.2, 0.25) is 0 Å². The molecule has 0 radical (unpaired) electrons. The van der Waals surface area contributed by atoms with Gasteiger partial charge in [-0.25, -0.2) is 4.79 Å². The molecule has 0 fully saturated rings. The van der Waals surface area contributed by atoms with Gasteiger partial charge in [-0.3, -0.25) is 9.59 Å². The molecule has 0 aromatic rings. The standard InChI is InChI=1S/C52H97NO7/c1-6-8-10-12-14-16-18-20-22-23-24-25-26-27-28-29-31-33-35-37-39-41-43-51(55)60-48(46-58-45-44-49(52(56)57)53(3,4)5)47-59-50(54)42-40-38-36-34-32-30-21-19-17-15-13-11-9-7-2/h26-27,30,32,48-49H,6-25,28-29,31,33-47H2,1-5H3/p+1/b27-26+,32-30+.